The van der Waals surface area contributed by atoms with Crippen LogP contribution in [0.3, 0.4) is 0 Å². The Kier molecular flexibility index (Phi) is 4.78. The van der Waals surface area contributed by atoms with Gasteiger partial charge in [-0.15, -0.1) is 11.3 Å². The highest BCUT2D eigenvalue weighted by atomic mass is 32.1. The van der Waals surface area contributed by atoms with Crippen molar-refractivity contribution in [1.29, 1.82) is 0 Å². The van der Waals surface area contributed by atoms with Gasteiger partial charge >= 0.3 is 0 Å². The van der Waals surface area contributed by atoms with Gasteiger partial charge in [0, 0.05) is 56.4 Å². The van der Waals surface area contributed by atoms with E-state index in [2.05, 4.69) is 4.98 Å². The number of alkyl halides is 1. The average Bonchev–Trinajstić information content (AvgIpc) is 3.32. The molecule has 0 saturated carbocycles. The first-order valence-corrected chi connectivity index (χ1v) is 11.1. The lowest BCUT2D eigenvalue weighted by molar-refractivity contribution is 0.0598. The Hall–Kier alpha value is -2.06. The number of carbonyl (C=O) groups is 1. The van der Waals surface area contributed by atoms with E-state index in [1.165, 1.54) is 11.3 Å². The molecule has 5 rings (SSSR count). The predicted molar refractivity (Wildman–Crippen MR) is 109 cm³/mol. The SMILES string of the molecule is Cc1ncc(C(=O)N2C[C@@H]3C[C@H](C2)c2ccc(CN4CC[C@@H](F)C4)c(=O)n2C3)s1. The molecule has 3 aliphatic heterocycles. The average molecular weight is 417 g/mol. The summed E-state index contributed by atoms with van der Waals surface area (Å²) in [5, 5.41) is 0.895. The third kappa shape index (κ3) is 3.53. The van der Waals surface area contributed by atoms with Crippen molar-refractivity contribution in [2.45, 2.75) is 44.9 Å². The van der Waals surface area contributed by atoms with Gasteiger partial charge in [0.15, 0.2) is 0 Å². The number of aromatic nitrogens is 2. The van der Waals surface area contributed by atoms with Crippen molar-refractivity contribution >= 4 is 17.2 Å². The van der Waals surface area contributed by atoms with E-state index in [4.69, 9.17) is 0 Å². The van der Waals surface area contributed by atoms with Gasteiger partial charge in [-0.25, -0.2) is 9.37 Å². The zero-order valence-electron chi connectivity index (χ0n) is 16.5. The Labute approximate surface area is 173 Å². The molecule has 5 heterocycles. The van der Waals surface area contributed by atoms with Crippen LogP contribution < -0.4 is 5.56 Å². The molecule has 6 nitrogen and oxygen atoms in total. The predicted octanol–water partition coefficient (Wildman–Crippen LogP) is 2.42. The van der Waals surface area contributed by atoms with Crippen molar-refractivity contribution in [3.05, 3.63) is 49.8 Å². The van der Waals surface area contributed by atoms with Crippen LogP contribution in [0, 0.1) is 12.8 Å². The minimum atomic E-state index is -0.777. The number of rotatable bonds is 3. The summed E-state index contributed by atoms with van der Waals surface area (Å²) in [6, 6.07) is 3.96. The maximum Gasteiger partial charge on any atom is 0.265 e. The van der Waals surface area contributed by atoms with E-state index in [0.717, 1.165) is 22.7 Å². The number of thiazole rings is 1. The van der Waals surface area contributed by atoms with E-state index in [9.17, 15) is 14.0 Å². The van der Waals surface area contributed by atoms with Crippen molar-refractivity contribution in [3.8, 4) is 0 Å². The molecule has 8 heteroatoms. The third-order valence-electron chi connectivity index (χ3n) is 6.41. The summed E-state index contributed by atoms with van der Waals surface area (Å²) in [6.07, 6.45) is 2.46. The quantitative estimate of drug-likeness (QED) is 0.771. The number of hydrogen-bond acceptors (Lipinski definition) is 5. The van der Waals surface area contributed by atoms with Crippen molar-refractivity contribution in [2.24, 2.45) is 5.92 Å². The molecular formula is C21H25FN4O2S. The smallest absolute Gasteiger partial charge is 0.265 e. The minimum absolute atomic E-state index is 0.0486. The van der Waals surface area contributed by atoms with Gasteiger partial charge in [-0.3, -0.25) is 14.5 Å². The Morgan fingerprint density at radius 3 is 2.86 bits per heavy atom. The van der Waals surface area contributed by atoms with Crippen LogP contribution in [0.25, 0.3) is 0 Å². The lowest BCUT2D eigenvalue weighted by Gasteiger charge is -2.42. The summed E-state index contributed by atoms with van der Waals surface area (Å²) in [5.41, 5.74) is 1.83. The number of piperidine rings is 1. The number of likely N-dealkylation sites (tertiary alicyclic amines) is 2. The second-order valence-electron chi connectivity index (χ2n) is 8.57. The molecule has 0 aliphatic carbocycles. The summed E-state index contributed by atoms with van der Waals surface area (Å²) >= 11 is 1.43. The third-order valence-corrected chi connectivity index (χ3v) is 7.31. The Balaban J connectivity index is 1.37. The van der Waals surface area contributed by atoms with E-state index in [1.807, 2.05) is 33.4 Å². The summed E-state index contributed by atoms with van der Waals surface area (Å²) in [5.74, 6) is 0.519. The molecule has 2 aromatic rings. The van der Waals surface area contributed by atoms with Crippen LogP contribution in [-0.4, -0.2) is 57.6 Å². The molecule has 0 N–H and O–H groups in total. The number of pyridine rings is 1. The monoisotopic (exact) mass is 416 g/mol. The molecule has 0 radical (unpaired) electrons. The second-order valence-corrected chi connectivity index (χ2v) is 9.81. The van der Waals surface area contributed by atoms with Crippen LogP contribution in [0.15, 0.2) is 23.1 Å². The fourth-order valence-electron chi connectivity index (χ4n) is 5.06. The fraction of sp³-hybridized carbons (Fsp3) is 0.571. The van der Waals surface area contributed by atoms with Gasteiger partial charge in [0.1, 0.15) is 11.0 Å². The van der Waals surface area contributed by atoms with Crippen molar-refractivity contribution in [2.75, 3.05) is 26.2 Å². The van der Waals surface area contributed by atoms with Gasteiger partial charge in [-0.1, -0.05) is 6.07 Å². The molecule has 2 aromatic heterocycles. The van der Waals surface area contributed by atoms with Crippen LogP contribution in [0.1, 0.15) is 44.7 Å². The number of hydrogen-bond donors (Lipinski definition) is 0. The molecule has 0 unspecified atom stereocenters. The summed E-state index contributed by atoms with van der Waals surface area (Å²) in [4.78, 5) is 34.8. The van der Waals surface area contributed by atoms with E-state index in [1.54, 1.807) is 6.20 Å². The first kappa shape index (κ1) is 18.9. The topological polar surface area (TPSA) is 58.4 Å². The van der Waals surface area contributed by atoms with Crippen LogP contribution in [0.5, 0.6) is 0 Å². The first-order chi connectivity index (χ1) is 14.0. The largest absolute Gasteiger partial charge is 0.337 e. The molecule has 2 saturated heterocycles. The molecular weight excluding hydrogens is 391 g/mol. The molecule has 3 atom stereocenters. The Morgan fingerprint density at radius 2 is 2.14 bits per heavy atom. The van der Waals surface area contributed by atoms with Crippen molar-refractivity contribution in [3.63, 3.8) is 0 Å². The number of fused-ring (bicyclic) bond motifs is 4. The summed E-state index contributed by atoms with van der Waals surface area (Å²) in [6.45, 7) is 5.52. The van der Waals surface area contributed by atoms with E-state index in [0.29, 0.717) is 50.6 Å². The highest BCUT2D eigenvalue weighted by Gasteiger charge is 2.37. The molecule has 3 aliphatic rings. The maximum atomic E-state index is 13.5. The zero-order chi connectivity index (χ0) is 20.1. The molecule has 2 fully saturated rings. The Morgan fingerprint density at radius 1 is 1.28 bits per heavy atom. The van der Waals surface area contributed by atoms with Crippen LogP contribution in [-0.2, 0) is 13.1 Å². The fourth-order valence-corrected chi connectivity index (χ4v) is 5.81. The molecule has 0 aromatic carbocycles. The van der Waals surface area contributed by atoms with Gasteiger partial charge in [0.05, 0.1) is 11.2 Å². The van der Waals surface area contributed by atoms with Gasteiger partial charge < -0.3 is 9.47 Å². The lowest BCUT2D eigenvalue weighted by atomic mass is 9.83. The number of carbonyl (C=O) groups excluding carboxylic acids is 1. The lowest BCUT2D eigenvalue weighted by Crippen LogP contribution is -2.49. The van der Waals surface area contributed by atoms with Gasteiger partial charge in [0.2, 0.25) is 0 Å². The van der Waals surface area contributed by atoms with Gasteiger partial charge in [-0.2, -0.15) is 0 Å². The standard InChI is InChI=1S/C21H25FN4O2S/c1-13-23-7-19(29-13)21(28)25-8-14-6-16(11-25)18-3-2-15(20(27)26(18)9-14)10-24-5-4-17(22)12-24/h2-3,7,14,16-17H,4-6,8-12H2,1H3/t14-,16+,17+/m0/s1. The summed E-state index contributed by atoms with van der Waals surface area (Å²) in [7, 11) is 0. The molecule has 2 bridgehead atoms. The Bertz CT molecular complexity index is 1000. The number of aryl methyl sites for hydroxylation is 1. The van der Waals surface area contributed by atoms with Crippen LogP contribution in [0.2, 0.25) is 0 Å². The van der Waals surface area contributed by atoms with E-state index in [-0.39, 0.29) is 23.3 Å². The van der Waals surface area contributed by atoms with E-state index < -0.39 is 6.17 Å². The number of nitrogens with zero attached hydrogens (tertiary/aromatic N) is 4. The highest BCUT2D eigenvalue weighted by molar-refractivity contribution is 7.13. The molecule has 1 amide bonds. The van der Waals surface area contributed by atoms with Gasteiger partial charge in [0.25, 0.3) is 11.5 Å². The van der Waals surface area contributed by atoms with Gasteiger partial charge in [-0.05, 0) is 31.7 Å². The second kappa shape index (κ2) is 7.32. The molecule has 0 spiro atoms. The van der Waals surface area contributed by atoms with Crippen LogP contribution in [0.4, 0.5) is 4.39 Å². The molecule has 29 heavy (non-hydrogen) atoms. The normalized spacial score (nSPS) is 26.6. The number of halogens is 1. The molecule has 154 valence electrons. The first-order valence-electron chi connectivity index (χ1n) is 10.3. The minimum Gasteiger partial charge on any atom is -0.337 e. The summed E-state index contributed by atoms with van der Waals surface area (Å²) < 4.78 is 15.4. The van der Waals surface area contributed by atoms with Crippen molar-refractivity contribution in [1.82, 2.24) is 19.4 Å². The zero-order valence-corrected chi connectivity index (χ0v) is 17.3. The maximum absolute atomic E-state index is 13.5. The van der Waals surface area contributed by atoms with Crippen LogP contribution >= 0.6 is 11.3 Å². The number of amides is 1. The van der Waals surface area contributed by atoms with Crippen molar-refractivity contribution < 1.29 is 9.18 Å². The van der Waals surface area contributed by atoms with E-state index >= 15 is 0 Å². The highest BCUT2D eigenvalue weighted by Crippen LogP contribution is 2.36.